The van der Waals surface area contributed by atoms with Crippen molar-refractivity contribution in [3.63, 3.8) is 0 Å². The molecule has 0 saturated carbocycles. The molecule has 126 valence electrons. The number of hydrogen-bond donors (Lipinski definition) is 2. The van der Waals surface area contributed by atoms with E-state index in [0.717, 1.165) is 16.6 Å². The third kappa shape index (κ3) is 3.42. The van der Waals surface area contributed by atoms with Crippen LogP contribution in [0.1, 0.15) is 29.8 Å². The molecule has 0 spiro atoms. The maximum atomic E-state index is 11.4. The first-order valence-electron chi connectivity index (χ1n) is 7.51. The number of aromatic nitrogens is 2. The standard InChI is InChI=1S/C18H19N3O2.ClH/c1-21-15-10-6-5-9-14(15)20-18(21)13(11-16(22)23)17(19)12-7-3-2-4-8-12;/h2-10,13,17H,11,19H2,1H3,(H,22,23);1H. The summed E-state index contributed by atoms with van der Waals surface area (Å²) in [6.07, 6.45) is -0.0623. The number of nitrogens with two attached hydrogens (primary N) is 1. The van der Waals surface area contributed by atoms with E-state index in [9.17, 15) is 9.90 Å². The molecule has 3 rings (SSSR count). The van der Waals surface area contributed by atoms with E-state index in [1.807, 2.05) is 66.2 Å². The summed E-state index contributed by atoms with van der Waals surface area (Å²) in [4.78, 5) is 16.0. The summed E-state index contributed by atoms with van der Waals surface area (Å²) in [6.45, 7) is 0. The van der Waals surface area contributed by atoms with Gasteiger partial charge in [0.1, 0.15) is 5.82 Å². The summed E-state index contributed by atoms with van der Waals surface area (Å²) in [5, 5.41) is 9.31. The van der Waals surface area contributed by atoms with Crippen molar-refractivity contribution in [2.45, 2.75) is 18.4 Å². The first kappa shape index (κ1) is 18.0. The van der Waals surface area contributed by atoms with Crippen LogP contribution in [0, 0.1) is 0 Å². The van der Waals surface area contributed by atoms with Crippen molar-refractivity contribution in [3.8, 4) is 0 Å². The van der Waals surface area contributed by atoms with Gasteiger partial charge in [0.2, 0.25) is 0 Å². The van der Waals surface area contributed by atoms with E-state index in [1.54, 1.807) is 0 Å². The van der Waals surface area contributed by atoms with Gasteiger partial charge in [0, 0.05) is 19.0 Å². The number of carboxylic acid groups (broad SMARTS) is 1. The van der Waals surface area contributed by atoms with Crippen molar-refractivity contribution in [2.24, 2.45) is 12.8 Å². The molecule has 0 aliphatic carbocycles. The van der Waals surface area contributed by atoms with Crippen molar-refractivity contribution < 1.29 is 9.90 Å². The number of benzene rings is 2. The molecular weight excluding hydrogens is 326 g/mol. The van der Waals surface area contributed by atoms with Crippen molar-refractivity contribution in [1.82, 2.24) is 9.55 Å². The fraction of sp³-hybridized carbons (Fsp3) is 0.222. The Balaban J connectivity index is 0.00000208. The number of rotatable bonds is 5. The highest BCUT2D eigenvalue weighted by molar-refractivity contribution is 5.85. The summed E-state index contributed by atoms with van der Waals surface area (Å²) in [7, 11) is 1.90. The first-order valence-corrected chi connectivity index (χ1v) is 7.51. The largest absolute Gasteiger partial charge is 0.481 e. The molecule has 0 saturated heterocycles. The molecule has 1 aromatic heterocycles. The van der Waals surface area contributed by atoms with Crippen LogP contribution in [0.5, 0.6) is 0 Å². The number of halogens is 1. The topological polar surface area (TPSA) is 81.1 Å². The molecule has 0 amide bonds. The second kappa shape index (κ2) is 7.47. The van der Waals surface area contributed by atoms with Gasteiger partial charge in [-0.1, -0.05) is 42.5 Å². The predicted molar refractivity (Wildman–Crippen MR) is 96.3 cm³/mol. The van der Waals surface area contributed by atoms with Crippen LogP contribution in [0.3, 0.4) is 0 Å². The highest BCUT2D eigenvalue weighted by atomic mass is 35.5. The number of para-hydroxylation sites is 2. The van der Waals surface area contributed by atoms with Gasteiger partial charge in [0.25, 0.3) is 0 Å². The number of nitrogens with zero attached hydrogens (tertiary/aromatic N) is 2. The van der Waals surface area contributed by atoms with Crippen LogP contribution in [-0.2, 0) is 11.8 Å². The maximum absolute atomic E-state index is 11.4. The zero-order valence-electron chi connectivity index (χ0n) is 13.3. The van der Waals surface area contributed by atoms with Crippen molar-refractivity contribution in [3.05, 3.63) is 66.0 Å². The number of aliphatic carboxylic acids is 1. The monoisotopic (exact) mass is 345 g/mol. The molecule has 1 heterocycles. The van der Waals surface area contributed by atoms with Gasteiger partial charge in [-0.2, -0.15) is 0 Å². The molecule has 0 bridgehead atoms. The van der Waals surface area contributed by atoms with Crippen molar-refractivity contribution in [1.29, 1.82) is 0 Å². The summed E-state index contributed by atoms with van der Waals surface area (Å²) in [5.74, 6) is -0.578. The SMILES string of the molecule is Cl.Cn1c(C(CC(=O)O)C(N)c2ccccc2)nc2ccccc21. The third-order valence-corrected chi connectivity index (χ3v) is 4.17. The molecule has 0 fully saturated rings. The molecule has 0 radical (unpaired) electrons. The molecule has 0 aliphatic rings. The second-order valence-electron chi connectivity index (χ2n) is 5.66. The zero-order chi connectivity index (χ0) is 16.4. The highest BCUT2D eigenvalue weighted by Crippen LogP contribution is 2.33. The summed E-state index contributed by atoms with van der Waals surface area (Å²) in [5.41, 5.74) is 9.12. The van der Waals surface area contributed by atoms with E-state index in [2.05, 4.69) is 4.98 Å². The quantitative estimate of drug-likeness (QED) is 0.743. The number of aryl methyl sites for hydroxylation is 1. The average molecular weight is 346 g/mol. The number of fused-ring (bicyclic) bond motifs is 1. The Kier molecular flexibility index (Phi) is 5.59. The average Bonchev–Trinajstić information content (AvgIpc) is 2.90. The molecule has 3 aromatic rings. The van der Waals surface area contributed by atoms with Crippen LogP contribution in [0.2, 0.25) is 0 Å². The molecular formula is C18H20ClN3O2. The Bertz CT molecular complexity index is 833. The van der Waals surface area contributed by atoms with Gasteiger partial charge in [-0.3, -0.25) is 4.79 Å². The van der Waals surface area contributed by atoms with E-state index < -0.39 is 17.9 Å². The van der Waals surface area contributed by atoms with E-state index in [0.29, 0.717) is 5.82 Å². The Morgan fingerprint density at radius 1 is 1.17 bits per heavy atom. The van der Waals surface area contributed by atoms with E-state index in [-0.39, 0.29) is 18.8 Å². The van der Waals surface area contributed by atoms with Gasteiger partial charge in [-0.15, -0.1) is 12.4 Å². The highest BCUT2D eigenvalue weighted by Gasteiger charge is 2.28. The molecule has 2 atom stereocenters. The van der Waals surface area contributed by atoms with Gasteiger partial charge in [0.05, 0.1) is 17.5 Å². The molecule has 2 unspecified atom stereocenters. The predicted octanol–water partition coefficient (Wildman–Crippen LogP) is 3.25. The first-order chi connectivity index (χ1) is 11.1. The summed E-state index contributed by atoms with van der Waals surface area (Å²) >= 11 is 0. The Morgan fingerprint density at radius 2 is 1.79 bits per heavy atom. The molecule has 6 heteroatoms. The van der Waals surface area contributed by atoms with E-state index in [1.165, 1.54) is 0 Å². The lowest BCUT2D eigenvalue weighted by atomic mass is 9.90. The lowest BCUT2D eigenvalue weighted by Gasteiger charge is -2.22. The normalized spacial score (nSPS) is 13.2. The van der Waals surface area contributed by atoms with Gasteiger partial charge in [0.15, 0.2) is 0 Å². The Morgan fingerprint density at radius 3 is 2.42 bits per heavy atom. The minimum atomic E-state index is -0.881. The minimum absolute atomic E-state index is 0. The summed E-state index contributed by atoms with van der Waals surface area (Å²) < 4.78 is 1.94. The van der Waals surface area contributed by atoms with Crippen molar-refractivity contribution in [2.75, 3.05) is 0 Å². The van der Waals surface area contributed by atoms with Gasteiger partial charge in [-0.05, 0) is 17.7 Å². The van der Waals surface area contributed by atoms with Crippen LogP contribution in [0.25, 0.3) is 11.0 Å². The van der Waals surface area contributed by atoms with Gasteiger partial charge >= 0.3 is 5.97 Å². The van der Waals surface area contributed by atoms with Crippen LogP contribution < -0.4 is 5.73 Å². The molecule has 5 nitrogen and oxygen atoms in total. The summed E-state index contributed by atoms with van der Waals surface area (Å²) in [6, 6.07) is 16.9. The lowest BCUT2D eigenvalue weighted by molar-refractivity contribution is -0.137. The zero-order valence-corrected chi connectivity index (χ0v) is 14.1. The van der Waals surface area contributed by atoms with E-state index >= 15 is 0 Å². The van der Waals surface area contributed by atoms with Crippen LogP contribution >= 0.6 is 12.4 Å². The van der Waals surface area contributed by atoms with Gasteiger partial charge in [-0.25, -0.2) is 4.98 Å². The van der Waals surface area contributed by atoms with Crippen molar-refractivity contribution >= 4 is 29.4 Å². The number of carboxylic acids is 1. The number of carbonyl (C=O) groups is 1. The smallest absolute Gasteiger partial charge is 0.304 e. The fourth-order valence-electron chi connectivity index (χ4n) is 2.97. The Hall–Kier alpha value is -2.37. The minimum Gasteiger partial charge on any atom is -0.481 e. The third-order valence-electron chi connectivity index (χ3n) is 4.17. The van der Waals surface area contributed by atoms with Gasteiger partial charge < -0.3 is 15.4 Å². The fourth-order valence-corrected chi connectivity index (χ4v) is 2.97. The van der Waals surface area contributed by atoms with Crippen LogP contribution in [0.4, 0.5) is 0 Å². The Labute approximate surface area is 146 Å². The molecule has 2 aromatic carbocycles. The lowest BCUT2D eigenvalue weighted by Crippen LogP contribution is -2.24. The number of imidazole rings is 1. The second-order valence-corrected chi connectivity index (χ2v) is 5.66. The number of hydrogen-bond acceptors (Lipinski definition) is 3. The molecule has 0 aliphatic heterocycles. The van der Waals surface area contributed by atoms with Crippen LogP contribution in [-0.4, -0.2) is 20.6 Å². The molecule has 24 heavy (non-hydrogen) atoms. The maximum Gasteiger partial charge on any atom is 0.304 e. The molecule has 3 N–H and O–H groups in total. The van der Waals surface area contributed by atoms with Crippen LogP contribution in [0.15, 0.2) is 54.6 Å². The van der Waals surface area contributed by atoms with E-state index in [4.69, 9.17) is 5.73 Å².